The average molecular weight is 318 g/mol. The van der Waals surface area contributed by atoms with Crippen molar-refractivity contribution in [2.24, 2.45) is 0 Å². The maximum Gasteiger partial charge on any atom is 0.172 e. The van der Waals surface area contributed by atoms with Gasteiger partial charge in [-0.2, -0.15) is 0 Å². The molecule has 0 bridgehead atoms. The molecule has 0 radical (unpaired) electrons. The molecule has 0 saturated carbocycles. The number of fused-ring (bicyclic) bond motifs is 1. The van der Waals surface area contributed by atoms with E-state index in [4.69, 9.17) is 0 Å². The minimum Gasteiger partial charge on any atom is -0.330 e. The average Bonchev–Trinajstić information content (AvgIpc) is 3.02. The Bertz CT molecular complexity index is 639. The Labute approximate surface area is 133 Å². The van der Waals surface area contributed by atoms with Crippen molar-refractivity contribution in [3.05, 3.63) is 35.3 Å². The fourth-order valence-corrected chi connectivity index (χ4v) is 4.31. The normalized spacial score (nSPS) is 14.0. The summed E-state index contributed by atoms with van der Waals surface area (Å²) in [6.45, 7) is 3.08. The second-order valence-electron chi connectivity index (χ2n) is 4.99. The molecule has 5 heteroatoms. The lowest BCUT2D eigenvalue weighted by molar-refractivity contribution is 0.0983. The number of pyridine rings is 1. The van der Waals surface area contributed by atoms with Gasteiger partial charge in [0.1, 0.15) is 5.03 Å². The lowest BCUT2D eigenvalue weighted by Crippen LogP contribution is -2.23. The molecule has 3 heterocycles. The number of thiophene rings is 1. The minimum atomic E-state index is 0.269. The van der Waals surface area contributed by atoms with Crippen LogP contribution in [0.1, 0.15) is 35.9 Å². The van der Waals surface area contributed by atoms with Crippen molar-refractivity contribution >= 4 is 39.6 Å². The number of rotatable bonds is 5. The van der Waals surface area contributed by atoms with Crippen LogP contribution in [0.5, 0.6) is 0 Å². The number of ketones is 1. The Morgan fingerprint density at radius 2 is 2.29 bits per heavy atom. The van der Waals surface area contributed by atoms with Gasteiger partial charge >= 0.3 is 0 Å². The van der Waals surface area contributed by atoms with Crippen LogP contribution in [0.15, 0.2) is 35.5 Å². The Morgan fingerprint density at radius 1 is 1.38 bits per heavy atom. The third kappa shape index (κ3) is 3.14. The molecule has 0 atom stereocenters. The summed E-state index contributed by atoms with van der Waals surface area (Å²) < 4.78 is 0. The Morgan fingerprint density at radius 3 is 3.14 bits per heavy atom. The zero-order valence-corrected chi connectivity index (χ0v) is 13.7. The van der Waals surface area contributed by atoms with Crippen LogP contribution in [0.3, 0.4) is 0 Å². The number of unbranched alkanes of at least 4 members (excludes halogenated alkanes) is 1. The first-order valence-electron chi connectivity index (χ1n) is 7.28. The molecule has 1 aliphatic heterocycles. The van der Waals surface area contributed by atoms with Gasteiger partial charge in [-0.05, 0) is 30.7 Å². The molecule has 2 aromatic rings. The van der Waals surface area contributed by atoms with Gasteiger partial charge in [0.2, 0.25) is 0 Å². The van der Waals surface area contributed by atoms with Gasteiger partial charge in [-0.15, -0.1) is 23.1 Å². The van der Waals surface area contributed by atoms with Crippen molar-refractivity contribution in [1.29, 1.82) is 0 Å². The molecule has 0 aliphatic carbocycles. The molecule has 21 heavy (non-hydrogen) atoms. The zero-order chi connectivity index (χ0) is 14.7. The van der Waals surface area contributed by atoms with Crippen molar-refractivity contribution < 1.29 is 4.79 Å². The summed E-state index contributed by atoms with van der Waals surface area (Å²) in [4.78, 5) is 19.7. The standard InChI is InChI=1S/C16H18N2OS2/c1-2-3-6-13(19)14-7-8-15(21-14)18-10-11-20-16-12(18)5-4-9-17-16/h4-5,7-9H,2-3,6,10-11H2,1H3. The van der Waals surface area contributed by atoms with E-state index in [1.165, 1.54) is 0 Å². The molecule has 3 nitrogen and oxygen atoms in total. The second-order valence-corrected chi connectivity index (χ2v) is 7.14. The molecule has 0 aromatic carbocycles. The third-order valence-corrected chi connectivity index (χ3v) is 5.61. The van der Waals surface area contributed by atoms with Crippen molar-refractivity contribution in [2.45, 2.75) is 31.2 Å². The van der Waals surface area contributed by atoms with E-state index in [0.717, 1.165) is 45.7 Å². The van der Waals surface area contributed by atoms with Crippen molar-refractivity contribution in [3.63, 3.8) is 0 Å². The summed E-state index contributed by atoms with van der Waals surface area (Å²) in [7, 11) is 0. The van der Waals surface area contributed by atoms with Gasteiger partial charge in [0.15, 0.2) is 5.78 Å². The van der Waals surface area contributed by atoms with Crippen LogP contribution in [-0.4, -0.2) is 23.1 Å². The molecule has 110 valence electrons. The van der Waals surface area contributed by atoms with E-state index in [2.05, 4.69) is 28.9 Å². The van der Waals surface area contributed by atoms with Crippen LogP contribution in [0, 0.1) is 0 Å². The highest BCUT2D eigenvalue weighted by Crippen LogP contribution is 2.40. The number of Topliss-reactive ketones (excluding diaryl/α,β-unsaturated/α-hetero) is 1. The Balaban J connectivity index is 1.83. The van der Waals surface area contributed by atoms with Crippen LogP contribution < -0.4 is 4.90 Å². The van der Waals surface area contributed by atoms with Crippen LogP contribution in [0.4, 0.5) is 10.7 Å². The maximum absolute atomic E-state index is 12.1. The quantitative estimate of drug-likeness (QED) is 0.744. The molecule has 0 N–H and O–H groups in total. The summed E-state index contributed by atoms with van der Waals surface area (Å²) in [5.41, 5.74) is 1.16. The zero-order valence-electron chi connectivity index (χ0n) is 12.0. The number of hydrogen-bond acceptors (Lipinski definition) is 5. The highest BCUT2D eigenvalue weighted by atomic mass is 32.2. The molecule has 3 rings (SSSR count). The number of aromatic nitrogens is 1. The summed E-state index contributed by atoms with van der Waals surface area (Å²) in [6.07, 6.45) is 4.53. The summed E-state index contributed by atoms with van der Waals surface area (Å²) in [6, 6.07) is 8.11. The summed E-state index contributed by atoms with van der Waals surface area (Å²) in [5.74, 6) is 1.30. The first kappa shape index (κ1) is 14.6. The van der Waals surface area contributed by atoms with Crippen LogP contribution in [0.2, 0.25) is 0 Å². The minimum absolute atomic E-state index is 0.269. The smallest absolute Gasteiger partial charge is 0.172 e. The highest BCUT2D eigenvalue weighted by Gasteiger charge is 2.21. The van der Waals surface area contributed by atoms with Gasteiger partial charge < -0.3 is 4.90 Å². The first-order chi connectivity index (χ1) is 10.3. The van der Waals surface area contributed by atoms with Gasteiger partial charge in [-0.3, -0.25) is 4.79 Å². The van der Waals surface area contributed by atoms with Crippen LogP contribution >= 0.6 is 23.1 Å². The summed E-state index contributed by atoms with van der Waals surface area (Å²) in [5, 5.41) is 2.22. The van der Waals surface area contributed by atoms with E-state index in [0.29, 0.717) is 6.42 Å². The molecular weight excluding hydrogens is 300 g/mol. The lowest BCUT2D eigenvalue weighted by atomic mass is 10.1. The van der Waals surface area contributed by atoms with Crippen molar-refractivity contribution in [3.8, 4) is 0 Å². The van der Waals surface area contributed by atoms with Gasteiger partial charge in [-0.25, -0.2) is 4.98 Å². The van der Waals surface area contributed by atoms with E-state index in [1.54, 1.807) is 23.1 Å². The number of anilines is 2. The highest BCUT2D eigenvalue weighted by molar-refractivity contribution is 7.99. The monoisotopic (exact) mass is 318 g/mol. The number of carbonyl (C=O) groups excluding carboxylic acids is 1. The van der Waals surface area contributed by atoms with Crippen LogP contribution in [-0.2, 0) is 0 Å². The molecule has 0 spiro atoms. The van der Waals surface area contributed by atoms with Crippen molar-refractivity contribution in [1.82, 2.24) is 4.98 Å². The van der Waals surface area contributed by atoms with E-state index < -0.39 is 0 Å². The molecule has 1 aliphatic rings. The predicted molar refractivity (Wildman–Crippen MR) is 90.1 cm³/mol. The third-order valence-electron chi connectivity index (χ3n) is 3.49. The van der Waals surface area contributed by atoms with Gasteiger partial charge in [0.05, 0.1) is 15.6 Å². The Kier molecular flexibility index (Phi) is 4.60. The molecule has 0 unspecified atom stereocenters. The first-order valence-corrected chi connectivity index (χ1v) is 9.08. The fraction of sp³-hybridized carbons (Fsp3) is 0.375. The van der Waals surface area contributed by atoms with Crippen molar-refractivity contribution in [2.75, 3.05) is 17.2 Å². The SMILES string of the molecule is CCCCC(=O)c1ccc(N2CCSc3ncccc32)s1. The Hall–Kier alpha value is -1.33. The number of hydrogen-bond donors (Lipinski definition) is 0. The number of carbonyl (C=O) groups is 1. The summed E-state index contributed by atoms with van der Waals surface area (Å²) >= 11 is 3.40. The molecular formula is C16H18N2OS2. The second kappa shape index (κ2) is 6.62. The molecule has 0 amide bonds. The van der Waals surface area contributed by atoms with E-state index in [9.17, 15) is 4.79 Å². The van der Waals surface area contributed by atoms with Crippen LogP contribution in [0.25, 0.3) is 0 Å². The topological polar surface area (TPSA) is 33.2 Å². The molecule has 0 fully saturated rings. The van der Waals surface area contributed by atoms with Gasteiger partial charge in [0.25, 0.3) is 0 Å². The maximum atomic E-state index is 12.1. The van der Waals surface area contributed by atoms with Gasteiger partial charge in [0, 0.05) is 24.9 Å². The predicted octanol–water partition coefficient (Wildman–Crippen LogP) is 4.76. The van der Waals surface area contributed by atoms with E-state index in [1.807, 2.05) is 18.3 Å². The number of nitrogens with zero attached hydrogens (tertiary/aromatic N) is 2. The van der Waals surface area contributed by atoms with E-state index in [-0.39, 0.29) is 5.78 Å². The van der Waals surface area contributed by atoms with E-state index >= 15 is 0 Å². The molecule has 0 saturated heterocycles. The lowest BCUT2D eigenvalue weighted by Gasteiger charge is -2.28. The molecule has 2 aromatic heterocycles. The van der Waals surface area contributed by atoms with Gasteiger partial charge in [-0.1, -0.05) is 13.3 Å². The largest absolute Gasteiger partial charge is 0.330 e. The number of thioether (sulfide) groups is 1. The fourth-order valence-electron chi connectivity index (χ4n) is 2.37.